The van der Waals surface area contributed by atoms with Crippen LogP contribution in [0.15, 0.2) is 0 Å². The van der Waals surface area contributed by atoms with Crippen LogP contribution in [0.1, 0.15) is 20.8 Å². The van der Waals surface area contributed by atoms with Crippen molar-refractivity contribution < 1.29 is 39.7 Å². The van der Waals surface area contributed by atoms with E-state index in [1.165, 1.54) is 6.92 Å². The third-order valence-corrected chi connectivity index (χ3v) is 4.16. The molecule has 2 heterocycles. The molecule has 5 N–H and O–H groups in total. The smallest absolute Gasteiger partial charge is 0.187 e. The Labute approximate surface area is 122 Å². The molecule has 2 fully saturated rings. The standard InChI is InChI=1S/C13H24O8/c1-4-7(14)10(17)11(18)13(20-4)21-12-8(15)5(2)19-6(3)9(12)16/h4-18H,1-3H3/t4?,5?,6?,7-,8-,9+,10-,11-,12?,13?/m0/s1. The van der Waals surface area contributed by atoms with E-state index in [4.69, 9.17) is 14.2 Å². The normalized spacial score (nSPS) is 55.4. The van der Waals surface area contributed by atoms with Crippen LogP contribution in [0.4, 0.5) is 0 Å². The fraction of sp³-hybridized carbons (Fsp3) is 1.00. The summed E-state index contributed by atoms with van der Waals surface area (Å²) >= 11 is 0. The average molecular weight is 308 g/mol. The predicted octanol–water partition coefficient (Wildman–Crippen LogP) is -2.27. The molecule has 0 bridgehead atoms. The molecule has 124 valence electrons. The van der Waals surface area contributed by atoms with Gasteiger partial charge in [0.2, 0.25) is 0 Å². The molecule has 8 heteroatoms. The van der Waals surface area contributed by atoms with Crippen molar-refractivity contribution in [3.63, 3.8) is 0 Å². The Bertz CT molecular complexity index is 339. The van der Waals surface area contributed by atoms with Gasteiger partial charge in [-0.2, -0.15) is 0 Å². The molecule has 2 rings (SSSR count). The van der Waals surface area contributed by atoms with E-state index in [0.29, 0.717) is 0 Å². The summed E-state index contributed by atoms with van der Waals surface area (Å²) in [5.74, 6) is 0. The van der Waals surface area contributed by atoms with E-state index in [0.717, 1.165) is 0 Å². The summed E-state index contributed by atoms with van der Waals surface area (Å²) in [5, 5.41) is 49.4. The van der Waals surface area contributed by atoms with Crippen LogP contribution in [0, 0.1) is 0 Å². The minimum Gasteiger partial charge on any atom is -0.388 e. The molecule has 2 saturated heterocycles. The summed E-state index contributed by atoms with van der Waals surface area (Å²) in [6.07, 6.45) is -10.5. The van der Waals surface area contributed by atoms with Crippen LogP contribution in [-0.2, 0) is 14.2 Å². The lowest BCUT2D eigenvalue weighted by atomic mass is 9.95. The molecule has 0 spiro atoms. The van der Waals surface area contributed by atoms with Gasteiger partial charge in [-0.05, 0) is 20.8 Å². The van der Waals surface area contributed by atoms with Gasteiger partial charge >= 0.3 is 0 Å². The first-order chi connectivity index (χ1) is 9.73. The van der Waals surface area contributed by atoms with Crippen molar-refractivity contribution in [1.29, 1.82) is 0 Å². The van der Waals surface area contributed by atoms with Crippen molar-refractivity contribution in [1.82, 2.24) is 0 Å². The van der Waals surface area contributed by atoms with Gasteiger partial charge in [0.15, 0.2) is 6.29 Å². The second-order valence-electron chi connectivity index (χ2n) is 5.81. The average Bonchev–Trinajstić information content (AvgIpc) is 2.44. The van der Waals surface area contributed by atoms with Crippen LogP contribution in [0.25, 0.3) is 0 Å². The van der Waals surface area contributed by atoms with Gasteiger partial charge in [-0.25, -0.2) is 0 Å². The van der Waals surface area contributed by atoms with Crippen LogP contribution in [0.5, 0.6) is 0 Å². The zero-order valence-electron chi connectivity index (χ0n) is 12.2. The lowest BCUT2D eigenvalue weighted by molar-refractivity contribution is -0.334. The largest absolute Gasteiger partial charge is 0.388 e. The molecule has 0 saturated carbocycles. The maximum Gasteiger partial charge on any atom is 0.187 e. The molecule has 0 amide bonds. The molecule has 0 radical (unpaired) electrons. The number of aliphatic hydroxyl groups excluding tert-OH is 5. The first kappa shape index (κ1) is 17.0. The zero-order valence-corrected chi connectivity index (χ0v) is 12.2. The van der Waals surface area contributed by atoms with Crippen molar-refractivity contribution >= 4 is 0 Å². The van der Waals surface area contributed by atoms with Gasteiger partial charge in [0.1, 0.15) is 36.6 Å². The van der Waals surface area contributed by atoms with Crippen molar-refractivity contribution in [2.75, 3.05) is 0 Å². The van der Waals surface area contributed by atoms with Gasteiger partial charge in [0.05, 0.1) is 18.3 Å². The third kappa shape index (κ3) is 3.22. The van der Waals surface area contributed by atoms with Crippen LogP contribution in [0.3, 0.4) is 0 Å². The summed E-state index contributed by atoms with van der Waals surface area (Å²) in [5.41, 5.74) is 0. The van der Waals surface area contributed by atoms with Gasteiger partial charge in [0.25, 0.3) is 0 Å². The fourth-order valence-electron chi connectivity index (χ4n) is 2.68. The van der Waals surface area contributed by atoms with E-state index in [2.05, 4.69) is 0 Å². The topological polar surface area (TPSA) is 129 Å². The Balaban J connectivity index is 2.08. The van der Waals surface area contributed by atoms with Crippen LogP contribution >= 0.6 is 0 Å². The molecule has 21 heavy (non-hydrogen) atoms. The molecule has 0 aromatic rings. The van der Waals surface area contributed by atoms with Gasteiger partial charge in [-0.15, -0.1) is 0 Å². The van der Waals surface area contributed by atoms with Gasteiger partial charge in [-0.3, -0.25) is 0 Å². The van der Waals surface area contributed by atoms with Crippen LogP contribution < -0.4 is 0 Å². The molecule has 0 aromatic heterocycles. The van der Waals surface area contributed by atoms with Gasteiger partial charge < -0.3 is 39.7 Å². The molecule has 2 aliphatic rings. The second kappa shape index (κ2) is 6.43. The number of rotatable bonds is 2. The minimum atomic E-state index is -1.48. The summed E-state index contributed by atoms with van der Waals surface area (Å²) in [4.78, 5) is 0. The molecule has 0 aliphatic carbocycles. The van der Waals surface area contributed by atoms with E-state index < -0.39 is 61.2 Å². The monoisotopic (exact) mass is 308 g/mol. The Morgan fingerprint density at radius 3 is 1.62 bits per heavy atom. The number of hydrogen-bond acceptors (Lipinski definition) is 8. The maximum atomic E-state index is 10.1. The quantitative estimate of drug-likeness (QED) is 0.386. The summed E-state index contributed by atoms with van der Waals surface area (Å²) in [7, 11) is 0. The third-order valence-electron chi connectivity index (χ3n) is 4.16. The Kier molecular flexibility index (Phi) is 5.22. The first-order valence-electron chi connectivity index (χ1n) is 7.10. The Morgan fingerprint density at radius 1 is 0.619 bits per heavy atom. The maximum absolute atomic E-state index is 10.1. The fourth-order valence-corrected chi connectivity index (χ4v) is 2.68. The van der Waals surface area contributed by atoms with E-state index in [-0.39, 0.29) is 0 Å². The highest BCUT2D eigenvalue weighted by atomic mass is 16.7. The highest BCUT2D eigenvalue weighted by Gasteiger charge is 2.48. The lowest BCUT2D eigenvalue weighted by Gasteiger charge is -2.45. The lowest BCUT2D eigenvalue weighted by Crippen LogP contribution is -2.62. The van der Waals surface area contributed by atoms with Crippen molar-refractivity contribution in [3.8, 4) is 0 Å². The summed E-state index contributed by atoms with van der Waals surface area (Å²) < 4.78 is 16.1. The molecule has 0 aromatic carbocycles. The number of ether oxygens (including phenoxy) is 3. The zero-order chi connectivity index (χ0) is 15.9. The highest BCUT2D eigenvalue weighted by molar-refractivity contribution is 4.93. The number of hydrogen-bond donors (Lipinski definition) is 5. The Hall–Kier alpha value is -0.320. The molecule has 8 nitrogen and oxygen atoms in total. The number of aliphatic hydroxyl groups is 5. The van der Waals surface area contributed by atoms with E-state index in [1.807, 2.05) is 0 Å². The van der Waals surface area contributed by atoms with E-state index >= 15 is 0 Å². The molecule has 10 atom stereocenters. The minimum absolute atomic E-state index is 0.554. The second-order valence-corrected chi connectivity index (χ2v) is 5.81. The SMILES string of the molecule is CC1OC(C)[C@H](O)C(OC2OC(C)[C@H](O)[C@H](O)[C@@H]2O)[C@@H]1O. The van der Waals surface area contributed by atoms with Crippen molar-refractivity contribution in [3.05, 3.63) is 0 Å². The highest BCUT2D eigenvalue weighted by Crippen LogP contribution is 2.28. The summed E-state index contributed by atoms with van der Waals surface area (Å²) in [6, 6.07) is 0. The van der Waals surface area contributed by atoms with Crippen LogP contribution in [0.2, 0.25) is 0 Å². The predicted molar refractivity (Wildman–Crippen MR) is 69.3 cm³/mol. The van der Waals surface area contributed by atoms with E-state index in [9.17, 15) is 25.5 Å². The molecular weight excluding hydrogens is 284 g/mol. The Morgan fingerprint density at radius 2 is 1.10 bits per heavy atom. The molecule has 2 aliphatic heterocycles. The molecule has 5 unspecified atom stereocenters. The summed E-state index contributed by atoms with van der Waals surface area (Å²) in [6.45, 7) is 4.81. The van der Waals surface area contributed by atoms with E-state index in [1.54, 1.807) is 13.8 Å². The molecular formula is C13H24O8. The van der Waals surface area contributed by atoms with Gasteiger partial charge in [0, 0.05) is 0 Å². The van der Waals surface area contributed by atoms with Gasteiger partial charge in [-0.1, -0.05) is 0 Å². The van der Waals surface area contributed by atoms with Crippen LogP contribution in [-0.4, -0.2) is 86.8 Å². The van der Waals surface area contributed by atoms with Crippen molar-refractivity contribution in [2.24, 2.45) is 0 Å². The van der Waals surface area contributed by atoms with Crippen molar-refractivity contribution in [2.45, 2.75) is 82.0 Å². The first-order valence-corrected chi connectivity index (χ1v) is 7.10.